The summed E-state index contributed by atoms with van der Waals surface area (Å²) in [7, 11) is 0. The highest BCUT2D eigenvalue weighted by Gasteiger charge is 2.17. The van der Waals surface area contributed by atoms with Gasteiger partial charge in [-0.2, -0.15) is 0 Å². The largest absolute Gasteiger partial charge is 0.449 e. The third-order valence-electron chi connectivity index (χ3n) is 3.41. The van der Waals surface area contributed by atoms with Crippen molar-refractivity contribution >= 4 is 41.8 Å². The molecule has 2 aromatic rings. The number of amides is 1. The monoisotopic (exact) mass is 331 g/mol. The maximum atomic E-state index is 12.0. The molecular weight excluding hydrogens is 313 g/mol. The number of furan rings is 1. The van der Waals surface area contributed by atoms with Gasteiger partial charge in [-0.15, -0.1) is 24.8 Å². The third-order valence-corrected chi connectivity index (χ3v) is 3.41. The van der Waals surface area contributed by atoms with Crippen molar-refractivity contribution in [3.05, 3.63) is 29.7 Å². The van der Waals surface area contributed by atoms with Crippen LogP contribution in [0, 0.1) is 6.92 Å². The Morgan fingerprint density at radius 2 is 2.29 bits per heavy atom. The summed E-state index contributed by atoms with van der Waals surface area (Å²) in [6.07, 6.45) is 2.29. The van der Waals surface area contributed by atoms with E-state index in [1.165, 1.54) is 6.42 Å². The molecule has 1 amide bonds. The summed E-state index contributed by atoms with van der Waals surface area (Å²) in [5, 5.41) is 6.23. The molecule has 1 aliphatic heterocycles. The summed E-state index contributed by atoms with van der Waals surface area (Å²) in [4.78, 5) is 16.3. The quantitative estimate of drug-likeness (QED) is 0.906. The third kappa shape index (κ3) is 4.09. The average molecular weight is 332 g/mol. The summed E-state index contributed by atoms with van der Waals surface area (Å²) in [5.41, 5.74) is 2.29. The molecule has 2 aromatic heterocycles. The molecule has 2 N–H and O–H groups in total. The van der Waals surface area contributed by atoms with Gasteiger partial charge in [-0.1, -0.05) is 0 Å². The van der Waals surface area contributed by atoms with E-state index in [0.717, 1.165) is 24.2 Å². The van der Waals surface area contributed by atoms with Crippen LogP contribution < -0.4 is 10.6 Å². The number of halogens is 2. The molecule has 1 aliphatic rings. The van der Waals surface area contributed by atoms with Gasteiger partial charge in [0.25, 0.3) is 5.91 Å². The fraction of sp³-hybridized carbons (Fsp3) is 0.429. The molecule has 1 fully saturated rings. The Morgan fingerprint density at radius 3 is 3.00 bits per heavy atom. The second kappa shape index (κ2) is 7.64. The van der Waals surface area contributed by atoms with Crippen molar-refractivity contribution in [3.63, 3.8) is 0 Å². The number of hydrogen-bond donors (Lipinski definition) is 2. The number of pyridine rings is 1. The zero-order chi connectivity index (χ0) is 13.2. The molecule has 0 spiro atoms. The number of aryl methyl sites for hydroxylation is 1. The Bertz CT molecular complexity index is 609. The van der Waals surface area contributed by atoms with Crippen molar-refractivity contribution in [3.8, 4) is 0 Å². The van der Waals surface area contributed by atoms with E-state index >= 15 is 0 Å². The number of nitrogens with zero attached hydrogens (tertiary/aromatic N) is 1. The number of carbonyl (C=O) groups excluding carboxylic acids is 1. The van der Waals surface area contributed by atoms with Gasteiger partial charge >= 0.3 is 0 Å². The van der Waals surface area contributed by atoms with E-state index in [4.69, 9.17) is 4.42 Å². The molecule has 0 bridgehead atoms. The molecule has 1 saturated heterocycles. The predicted octanol–water partition coefficient (Wildman–Crippen LogP) is 2.46. The number of nitrogens with one attached hydrogen (secondary N) is 2. The molecule has 3 heterocycles. The maximum absolute atomic E-state index is 12.0. The van der Waals surface area contributed by atoms with Gasteiger partial charge in [0.2, 0.25) is 0 Å². The molecule has 0 saturated carbocycles. The van der Waals surface area contributed by atoms with Gasteiger partial charge in [-0.05, 0) is 38.4 Å². The summed E-state index contributed by atoms with van der Waals surface area (Å²) < 4.78 is 5.51. The molecule has 7 heteroatoms. The lowest BCUT2D eigenvalue weighted by atomic mass is 10.2. The van der Waals surface area contributed by atoms with Crippen LogP contribution in [0.5, 0.6) is 0 Å². The topological polar surface area (TPSA) is 67.2 Å². The molecule has 1 unspecified atom stereocenters. The Morgan fingerprint density at radius 1 is 1.48 bits per heavy atom. The van der Waals surface area contributed by atoms with Crippen LogP contribution in [0.15, 0.2) is 22.6 Å². The smallest absolute Gasteiger partial charge is 0.287 e. The Labute approximate surface area is 135 Å². The zero-order valence-corrected chi connectivity index (χ0v) is 13.4. The van der Waals surface area contributed by atoms with Crippen LogP contribution in [0.4, 0.5) is 0 Å². The van der Waals surface area contributed by atoms with Gasteiger partial charge in [-0.3, -0.25) is 4.79 Å². The fourth-order valence-electron chi connectivity index (χ4n) is 2.37. The summed E-state index contributed by atoms with van der Waals surface area (Å²) in [5.74, 6) is 0.149. The minimum Gasteiger partial charge on any atom is -0.449 e. The average Bonchev–Trinajstić information content (AvgIpc) is 3.04. The van der Waals surface area contributed by atoms with Gasteiger partial charge in [0.15, 0.2) is 11.3 Å². The van der Waals surface area contributed by atoms with E-state index in [2.05, 4.69) is 15.6 Å². The van der Waals surface area contributed by atoms with Gasteiger partial charge < -0.3 is 15.1 Å². The highest BCUT2D eigenvalue weighted by Crippen LogP contribution is 2.17. The van der Waals surface area contributed by atoms with Gasteiger partial charge in [0.1, 0.15) is 5.52 Å². The van der Waals surface area contributed by atoms with E-state index in [0.29, 0.717) is 23.9 Å². The highest BCUT2D eigenvalue weighted by atomic mass is 35.5. The van der Waals surface area contributed by atoms with Crippen molar-refractivity contribution in [1.29, 1.82) is 0 Å². The fourth-order valence-corrected chi connectivity index (χ4v) is 2.37. The van der Waals surface area contributed by atoms with Crippen molar-refractivity contribution < 1.29 is 9.21 Å². The first kappa shape index (κ1) is 17.8. The Kier molecular flexibility index (Phi) is 6.45. The van der Waals surface area contributed by atoms with Crippen molar-refractivity contribution in [2.24, 2.45) is 0 Å². The van der Waals surface area contributed by atoms with Gasteiger partial charge in [0.05, 0.1) is 0 Å². The lowest BCUT2D eigenvalue weighted by molar-refractivity contribution is 0.0925. The van der Waals surface area contributed by atoms with Crippen molar-refractivity contribution in [2.45, 2.75) is 25.8 Å². The molecule has 0 aliphatic carbocycles. The zero-order valence-electron chi connectivity index (χ0n) is 11.7. The molecular formula is C14H19Cl2N3O2. The summed E-state index contributed by atoms with van der Waals surface area (Å²) in [6, 6.07) is 5.79. The van der Waals surface area contributed by atoms with E-state index in [-0.39, 0.29) is 30.7 Å². The SMILES string of the molecule is Cc1ccc2oc(C(=O)NCC3CCCN3)cc2n1.Cl.Cl. The van der Waals surface area contributed by atoms with Crippen LogP contribution in [0.25, 0.3) is 11.1 Å². The second-order valence-corrected chi connectivity index (χ2v) is 4.95. The number of fused-ring (bicyclic) bond motifs is 1. The van der Waals surface area contributed by atoms with E-state index in [1.807, 2.05) is 19.1 Å². The number of carbonyl (C=O) groups is 1. The molecule has 0 aromatic carbocycles. The Hall–Kier alpha value is -1.30. The predicted molar refractivity (Wildman–Crippen MR) is 86.6 cm³/mol. The van der Waals surface area contributed by atoms with Gasteiger partial charge in [0, 0.05) is 24.3 Å². The minimum atomic E-state index is -0.177. The van der Waals surface area contributed by atoms with Crippen LogP contribution in [0.1, 0.15) is 29.1 Å². The number of aromatic nitrogens is 1. The molecule has 3 rings (SSSR count). The van der Waals surface area contributed by atoms with Crippen molar-refractivity contribution in [2.75, 3.05) is 13.1 Å². The second-order valence-electron chi connectivity index (χ2n) is 4.95. The van der Waals surface area contributed by atoms with E-state index in [1.54, 1.807) is 6.07 Å². The van der Waals surface area contributed by atoms with Crippen molar-refractivity contribution in [1.82, 2.24) is 15.6 Å². The minimum absolute atomic E-state index is 0. The lowest BCUT2D eigenvalue weighted by Gasteiger charge is -2.09. The van der Waals surface area contributed by atoms with Crippen LogP contribution in [-0.2, 0) is 0 Å². The highest BCUT2D eigenvalue weighted by molar-refractivity contribution is 5.95. The number of rotatable bonds is 3. The first-order chi connectivity index (χ1) is 9.22. The first-order valence-corrected chi connectivity index (χ1v) is 6.61. The first-order valence-electron chi connectivity index (χ1n) is 6.61. The lowest BCUT2D eigenvalue weighted by Crippen LogP contribution is -2.37. The van der Waals surface area contributed by atoms with E-state index < -0.39 is 0 Å². The summed E-state index contributed by atoms with van der Waals surface area (Å²) >= 11 is 0. The Balaban J connectivity index is 0.00000110. The van der Waals surface area contributed by atoms with Crippen LogP contribution in [0.2, 0.25) is 0 Å². The summed E-state index contributed by atoms with van der Waals surface area (Å²) in [6.45, 7) is 3.59. The van der Waals surface area contributed by atoms with Crippen LogP contribution in [-0.4, -0.2) is 30.0 Å². The molecule has 0 radical (unpaired) electrons. The molecule has 116 valence electrons. The van der Waals surface area contributed by atoms with Crippen LogP contribution >= 0.6 is 24.8 Å². The normalized spacial score (nSPS) is 17.1. The van der Waals surface area contributed by atoms with E-state index in [9.17, 15) is 4.79 Å². The standard InChI is InChI=1S/C14H17N3O2.2ClH/c1-9-4-5-12-11(17-9)7-13(19-12)14(18)16-8-10-3-2-6-15-10;;/h4-5,7,10,15H,2-3,6,8H2,1H3,(H,16,18);2*1H. The number of hydrogen-bond acceptors (Lipinski definition) is 4. The van der Waals surface area contributed by atoms with Gasteiger partial charge in [-0.25, -0.2) is 4.98 Å². The molecule has 21 heavy (non-hydrogen) atoms. The van der Waals surface area contributed by atoms with Crippen LogP contribution in [0.3, 0.4) is 0 Å². The molecule has 1 atom stereocenters. The maximum Gasteiger partial charge on any atom is 0.287 e. The molecule has 5 nitrogen and oxygen atoms in total.